The van der Waals surface area contributed by atoms with Gasteiger partial charge in [0.1, 0.15) is 42.9 Å². The monoisotopic (exact) mass is 813 g/mol. The second-order valence-corrected chi connectivity index (χ2v) is 14.9. The number of nitrogens with zero attached hydrogens (tertiary/aromatic N) is 3. The summed E-state index contributed by atoms with van der Waals surface area (Å²) in [5, 5.41) is 49.7. The third kappa shape index (κ3) is 9.80. The minimum absolute atomic E-state index is 0.0117. The molecule has 13 nitrogen and oxygen atoms in total. The summed E-state index contributed by atoms with van der Waals surface area (Å²) < 4.78 is 12.5. The molecular weight excluding hydrogens is 770 g/mol. The standard InChI is InChI=1S/C45H44ClN7O6/c1-27-32(25-59-42-17-41(58-24-30-14-29(18-48)19-49-20-30)34(16-39(42)46)22-52-45(3,26-54)43(55)56)6-4-8-36(27)37-9-5-7-35(28(37)2)31-10-11-38-33(15-31)21-50-23-40(38)53-44(57)51-13-12-47/h4-11,14-17,19-20,40,50,52,54H,13,21-26H2,1-3H3,(H,55,56)(H2,51,53,57). The van der Waals surface area contributed by atoms with E-state index in [1.54, 1.807) is 24.4 Å². The van der Waals surface area contributed by atoms with E-state index in [1.165, 1.54) is 13.1 Å². The van der Waals surface area contributed by atoms with Crippen molar-refractivity contribution in [1.29, 1.82) is 10.5 Å². The van der Waals surface area contributed by atoms with Gasteiger partial charge in [-0.2, -0.15) is 10.5 Å². The summed E-state index contributed by atoms with van der Waals surface area (Å²) in [6, 6.07) is 27.0. The summed E-state index contributed by atoms with van der Waals surface area (Å²) in [7, 11) is 0. The molecule has 4 aromatic carbocycles. The number of nitrogens with one attached hydrogen (secondary N) is 4. The van der Waals surface area contributed by atoms with Crippen LogP contribution >= 0.6 is 11.6 Å². The zero-order valence-electron chi connectivity index (χ0n) is 32.9. The number of aliphatic hydroxyl groups excluding tert-OH is 1. The van der Waals surface area contributed by atoms with Gasteiger partial charge in [-0.05, 0) is 89.0 Å². The first-order chi connectivity index (χ1) is 28.4. The molecule has 0 aliphatic carbocycles. The van der Waals surface area contributed by atoms with E-state index in [0.717, 1.165) is 50.1 Å². The maximum atomic E-state index is 12.3. The number of halogens is 1. The Morgan fingerprint density at radius 3 is 2.44 bits per heavy atom. The lowest BCUT2D eigenvalue weighted by Gasteiger charge is -2.28. The normalized spacial score (nSPS) is 14.2. The predicted molar refractivity (Wildman–Crippen MR) is 222 cm³/mol. The highest BCUT2D eigenvalue weighted by Gasteiger charge is 2.32. The lowest BCUT2D eigenvalue weighted by Crippen LogP contribution is -2.52. The van der Waals surface area contributed by atoms with Gasteiger partial charge in [-0.15, -0.1) is 0 Å². The molecule has 0 spiro atoms. The average molecular weight is 814 g/mol. The van der Waals surface area contributed by atoms with Crippen LogP contribution in [-0.4, -0.2) is 52.4 Å². The number of carboxylic acid groups (broad SMARTS) is 1. The van der Waals surface area contributed by atoms with Crippen LogP contribution in [0.25, 0.3) is 22.3 Å². The molecule has 0 saturated heterocycles. The number of carboxylic acids is 1. The van der Waals surface area contributed by atoms with Gasteiger partial charge in [0, 0.05) is 49.2 Å². The van der Waals surface area contributed by atoms with Crippen LogP contribution in [0.4, 0.5) is 4.79 Å². The molecular formula is C45H44ClN7O6. The average Bonchev–Trinajstić information content (AvgIpc) is 3.24. The summed E-state index contributed by atoms with van der Waals surface area (Å²) >= 11 is 6.77. The molecule has 2 heterocycles. The SMILES string of the molecule is Cc1c(COc2cc(OCc3cncc(C#N)c3)c(CNC(C)(CO)C(=O)O)cc2Cl)cccc1-c1cccc(-c2ccc3c(c2)CNCC3NC(=O)NCC#N)c1C. The molecule has 302 valence electrons. The molecule has 1 aliphatic heterocycles. The molecule has 5 aromatic rings. The number of ether oxygens (including phenoxy) is 2. The minimum Gasteiger partial charge on any atom is -0.488 e. The van der Waals surface area contributed by atoms with Crippen molar-refractivity contribution >= 4 is 23.6 Å². The van der Waals surface area contributed by atoms with Crippen LogP contribution in [0.1, 0.15) is 57.5 Å². The van der Waals surface area contributed by atoms with Crippen molar-refractivity contribution in [2.75, 3.05) is 19.7 Å². The number of amides is 2. The Bertz CT molecular complexity index is 2460. The van der Waals surface area contributed by atoms with Crippen molar-refractivity contribution in [3.63, 3.8) is 0 Å². The van der Waals surface area contributed by atoms with Gasteiger partial charge in [-0.25, -0.2) is 4.79 Å². The fourth-order valence-corrected chi connectivity index (χ4v) is 7.19. The van der Waals surface area contributed by atoms with Gasteiger partial charge in [0.05, 0.1) is 29.3 Å². The summed E-state index contributed by atoms with van der Waals surface area (Å²) in [4.78, 5) is 28.3. The number of carbonyl (C=O) groups excluding carboxylic acids is 1. The molecule has 0 saturated carbocycles. The lowest BCUT2D eigenvalue weighted by molar-refractivity contribution is -0.145. The number of aliphatic carboxylic acids is 1. The number of hydrogen-bond donors (Lipinski definition) is 6. The quantitative estimate of drug-likeness (QED) is 0.0622. The van der Waals surface area contributed by atoms with Crippen LogP contribution < -0.4 is 30.7 Å². The topological polar surface area (TPSA) is 202 Å². The number of pyridine rings is 1. The first-order valence-corrected chi connectivity index (χ1v) is 19.3. The van der Waals surface area contributed by atoms with Gasteiger partial charge in [-0.3, -0.25) is 15.1 Å². The molecule has 6 rings (SSSR count). The molecule has 59 heavy (non-hydrogen) atoms. The summed E-state index contributed by atoms with van der Waals surface area (Å²) in [6.07, 6.45) is 3.05. The van der Waals surface area contributed by atoms with Crippen molar-refractivity contribution in [2.45, 2.75) is 58.7 Å². The predicted octanol–water partition coefficient (Wildman–Crippen LogP) is 6.61. The molecule has 1 aromatic heterocycles. The number of aliphatic hydroxyl groups is 1. The summed E-state index contributed by atoms with van der Waals surface area (Å²) in [5.41, 5.74) is 9.42. The molecule has 0 fully saturated rings. The Labute approximate surface area is 347 Å². The number of nitriles is 2. The second-order valence-electron chi connectivity index (χ2n) is 14.5. The van der Waals surface area contributed by atoms with Crippen LogP contribution in [-0.2, 0) is 31.1 Å². The highest BCUT2D eigenvalue weighted by Crippen LogP contribution is 2.38. The van der Waals surface area contributed by atoms with Gasteiger partial charge in [0.15, 0.2) is 0 Å². The molecule has 2 atom stereocenters. The van der Waals surface area contributed by atoms with E-state index >= 15 is 0 Å². The molecule has 14 heteroatoms. The zero-order chi connectivity index (χ0) is 42.1. The maximum Gasteiger partial charge on any atom is 0.326 e. The summed E-state index contributed by atoms with van der Waals surface area (Å²) in [6.45, 7) is 6.36. The van der Waals surface area contributed by atoms with Gasteiger partial charge in [0.2, 0.25) is 0 Å². The third-order valence-electron chi connectivity index (χ3n) is 10.5. The fourth-order valence-electron chi connectivity index (χ4n) is 6.95. The molecule has 2 amide bonds. The fraction of sp³-hybridized carbons (Fsp3) is 0.267. The van der Waals surface area contributed by atoms with E-state index in [9.17, 15) is 25.1 Å². The molecule has 1 aliphatic rings. The Kier molecular flexibility index (Phi) is 13.5. The van der Waals surface area contributed by atoms with E-state index in [1.807, 2.05) is 24.3 Å². The highest BCUT2D eigenvalue weighted by atomic mass is 35.5. The van der Waals surface area contributed by atoms with E-state index in [0.29, 0.717) is 41.3 Å². The largest absolute Gasteiger partial charge is 0.488 e. The van der Waals surface area contributed by atoms with E-state index in [4.69, 9.17) is 26.3 Å². The van der Waals surface area contributed by atoms with Crippen molar-refractivity contribution in [2.24, 2.45) is 0 Å². The van der Waals surface area contributed by atoms with Crippen LogP contribution in [0, 0.1) is 36.5 Å². The third-order valence-corrected chi connectivity index (χ3v) is 10.8. The number of urea groups is 1. The van der Waals surface area contributed by atoms with Gasteiger partial charge in [0.25, 0.3) is 0 Å². The molecule has 2 unspecified atom stereocenters. The molecule has 0 radical (unpaired) electrons. The molecule has 6 N–H and O–H groups in total. The van der Waals surface area contributed by atoms with Crippen molar-refractivity contribution in [1.82, 2.24) is 26.3 Å². The van der Waals surface area contributed by atoms with Gasteiger partial charge >= 0.3 is 12.0 Å². The van der Waals surface area contributed by atoms with E-state index in [2.05, 4.69) is 82.6 Å². The number of benzene rings is 4. The maximum absolute atomic E-state index is 12.3. The Morgan fingerprint density at radius 1 is 0.949 bits per heavy atom. The number of rotatable bonds is 15. The number of hydrogen-bond acceptors (Lipinski definition) is 10. The number of carbonyl (C=O) groups is 2. The van der Waals surface area contributed by atoms with Crippen LogP contribution in [0.5, 0.6) is 11.5 Å². The number of fused-ring (bicyclic) bond motifs is 1. The van der Waals surface area contributed by atoms with Crippen molar-refractivity contribution in [3.05, 3.63) is 135 Å². The lowest BCUT2D eigenvalue weighted by atomic mass is 9.87. The van der Waals surface area contributed by atoms with Crippen molar-refractivity contribution < 1.29 is 29.3 Å². The molecule has 0 bridgehead atoms. The van der Waals surface area contributed by atoms with Crippen LogP contribution in [0.3, 0.4) is 0 Å². The Morgan fingerprint density at radius 2 is 1.69 bits per heavy atom. The van der Waals surface area contributed by atoms with Gasteiger partial charge in [-0.1, -0.05) is 60.1 Å². The Hall–Kier alpha value is -6.48. The first kappa shape index (κ1) is 42.1. The number of aromatic nitrogens is 1. The second kappa shape index (κ2) is 18.9. The Balaban J connectivity index is 1.24. The highest BCUT2D eigenvalue weighted by molar-refractivity contribution is 6.32. The van der Waals surface area contributed by atoms with Crippen LogP contribution in [0.15, 0.2) is 85.2 Å². The first-order valence-electron chi connectivity index (χ1n) is 18.9. The van der Waals surface area contributed by atoms with Crippen LogP contribution in [0.2, 0.25) is 5.02 Å². The smallest absolute Gasteiger partial charge is 0.326 e. The van der Waals surface area contributed by atoms with E-state index in [-0.39, 0.29) is 43.4 Å². The summed E-state index contributed by atoms with van der Waals surface area (Å²) in [5.74, 6) is -0.496. The van der Waals surface area contributed by atoms with Crippen molar-refractivity contribution in [3.8, 4) is 45.9 Å². The zero-order valence-corrected chi connectivity index (χ0v) is 33.6. The van der Waals surface area contributed by atoms with Gasteiger partial charge < -0.3 is 35.6 Å². The minimum atomic E-state index is -1.61. The van der Waals surface area contributed by atoms with E-state index < -0.39 is 18.1 Å².